The van der Waals surface area contributed by atoms with E-state index in [9.17, 15) is 4.79 Å². The Kier molecular flexibility index (Phi) is 2.17. The molecule has 7 heteroatoms. The Morgan fingerprint density at radius 3 is 3.07 bits per heavy atom. The van der Waals surface area contributed by atoms with Gasteiger partial charge in [-0.25, -0.2) is 10.8 Å². The lowest BCUT2D eigenvalue weighted by Gasteiger charge is -2.12. The second-order valence-corrected chi connectivity index (χ2v) is 3.67. The number of fused-ring (bicyclic) bond motifs is 1. The van der Waals surface area contributed by atoms with Crippen LogP contribution in [-0.4, -0.2) is 33.3 Å². The third kappa shape index (κ3) is 1.27. The smallest absolute Gasteiger partial charge is 0.288 e. The molecule has 1 atom stereocenters. The predicted molar refractivity (Wildman–Crippen MR) is 55.8 cm³/mol. The van der Waals surface area contributed by atoms with E-state index in [4.69, 9.17) is 5.84 Å². The van der Waals surface area contributed by atoms with E-state index in [-0.39, 0.29) is 5.91 Å². The second-order valence-electron chi connectivity index (χ2n) is 3.15. The van der Waals surface area contributed by atoms with Gasteiger partial charge in [-0.05, 0) is 16.3 Å². The summed E-state index contributed by atoms with van der Waals surface area (Å²) in [7, 11) is 2.45. The molecule has 1 aromatic rings. The molecule has 2 rings (SSSR count). The van der Waals surface area contributed by atoms with Gasteiger partial charge in [-0.2, -0.15) is 0 Å². The number of aryl methyl sites for hydroxylation is 1. The minimum atomic E-state index is -0.208. The second kappa shape index (κ2) is 3.22. The number of aromatic nitrogens is 2. The number of nitrogens with zero attached hydrogens (tertiary/aromatic N) is 3. The van der Waals surface area contributed by atoms with Crippen LogP contribution in [-0.2, 0) is 0 Å². The summed E-state index contributed by atoms with van der Waals surface area (Å²) in [6, 6.07) is 0. The van der Waals surface area contributed by atoms with Crippen LogP contribution in [0.1, 0.15) is 16.3 Å². The van der Waals surface area contributed by atoms with E-state index >= 15 is 0 Å². The fourth-order valence-electron chi connectivity index (χ4n) is 1.40. The number of nitrogens with one attached hydrogen (secondary N) is 1. The molecule has 0 bridgehead atoms. The first-order valence-electron chi connectivity index (χ1n) is 4.26. The number of hydrazine groups is 1. The summed E-state index contributed by atoms with van der Waals surface area (Å²) < 4.78 is 1.66. The van der Waals surface area contributed by atoms with Crippen LogP contribution < -0.4 is 11.2 Å². The van der Waals surface area contributed by atoms with Crippen molar-refractivity contribution in [1.29, 1.82) is 0 Å². The van der Waals surface area contributed by atoms with Gasteiger partial charge in [-0.1, -0.05) is 0 Å². The molecule has 1 amide bonds. The number of imidazole rings is 1. The monoisotopic (exact) mass is 213 g/mol. The predicted octanol–water partition coefficient (Wildman–Crippen LogP) is -0.429. The Balaban J connectivity index is 2.55. The van der Waals surface area contributed by atoms with E-state index in [1.807, 2.05) is 6.92 Å². The first kappa shape index (κ1) is 9.43. The zero-order valence-corrected chi connectivity index (χ0v) is 8.97. The maximum absolute atomic E-state index is 11.8. The summed E-state index contributed by atoms with van der Waals surface area (Å²) in [5.41, 5.74) is 0.493. The Morgan fingerprint density at radius 1 is 1.64 bits per heavy atom. The quantitative estimate of drug-likeness (QED) is 0.348. The van der Waals surface area contributed by atoms with Crippen LogP contribution in [0.25, 0.3) is 0 Å². The molecule has 1 aliphatic heterocycles. The normalized spacial score (nSPS) is 16.2. The van der Waals surface area contributed by atoms with Gasteiger partial charge in [0.25, 0.3) is 5.91 Å². The summed E-state index contributed by atoms with van der Waals surface area (Å²) in [5.74, 6) is 6.72. The highest BCUT2D eigenvalue weighted by Crippen LogP contribution is 2.21. The van der Waals surface area contributed by atoms with Crippen molar-refractivity contribution in [2.45, 2.75) is 6.92 Å². The van der Waals surface area contributed by atoms with Gasteiger partial charge in [0.05, 0.1) is 6.54 Å². The lowest BCUT2D eigenvalue weighted by Crippen LogP contribution is -2.39. The molecular formula is C7H12N5OP. The Labute approximate surface area is 83.7 Å². The highest BCUT2D eigenvalue weighted by molar-refractivity contribution is 7.14. The maximum atomic E-state index is 11.8. The Hall–Kier alpha value is -1.13. The Morgan fingerprint density at radius 2 is 2.36 bits per heavy atom. The zero-order valence-electron chi connectivity index (χ0n) is 7.82. The number of hydrogen-bond donors (Lipinski definition) is 2. The van der Waals surface area contributed by atoms with Crippen LogP contribution >= 0.6 is 9.39 Å². The number of amides is 1. The molecule has 2 heterocycles. The zero-order chi connectivity index (χ0) is 10.3. The van der Waals surface area contributed by atoms with Crippen molar-refractivity contribution in [3.63, 3.8) is 0 Å². The fraction of sp³-hybridized carbons (Fsp3) is 0.429. The molecule has 76 valence electrons. The van der Waals surface area contributed by atoms with Gasteiger partial charge in [-0.15, -0.1) is 0 Å². The lowest BCUT2D eigenvalue weighted by atomic mass is 10.4. The molecule has 0 aromatic carbocycles. The van der Waals surface area contributed by atoms with Crippen molar-refractivity contribution >= 4 is 21.1 Å². The number of carbonyl (C=O) groups is 1. The number of carbonyl (C=O) groups excluding carboxylic acids is 1. The van der Waals surface area contributed by atoms with Crippen molar-refractivity contribution in [2.75, 3.05) is 18.4 Å². The molecule has 1 aliphatic rings. The van der Waals surface area contributed by atoms with E-state index in [0.29, 0.717) is 24.6 Å². The van der Waals surface area contributed by atoms with E-state index in [0.717, 1.165) is 5.82 Å². The van der Waals surface area contributed by atoms with Crippen LogP contribution in [0.5, 0.6) is 0 Å². The molecule has 0 radical (unpaired) electrons. The van der Waals surface area contributed by atoms with Gasteiger partial charge in [0.2, 0.25) is 0 Å². The van der Waals surface area contributed by atoms with E-state index in [1.54, 1.807) is 4.34 Å². The van der Waals surface area contributed by atoms with Gasteiger partial charge in [0.15, 0.2) is 11.5 Å². The number of anilines is 1. The molecule has 0 saturated heterocycles. The third-order valence-corrected chi connectivity index (χ3v) is 2.83. The van der Waals surface area contributed by atoms with Gasteiger partial charge < -0.3 is 9.65 Å². The van der Waals surface area contributed by atoms with Crippen LogP contribution in [0.4, 0.5) is 5.82 Å². The summed E-state index contributed by atoms with van der Waals surface area (Å²) in [6.45, 7) is 2.94. The summed E-state index contributed by atoms with van der Waals surface area (Å²) in [4.78, 5) is 16.0. The van der Waals surface area contributed by atoms with Crippen molar-refractivity contribution in [2.24, 2.45) is 5.84 Å². The first-order chi connectivity index (χ1) is 6.61. The van der Waals surface area contributed by atoms with Crippen LogP contribution in [0.2, 0.25) is 0 Å². The first-order valence-corrected chi connectivity index (χ1v) is 4.77. The molecule has 1 unspecified atom stereocenters. The third-order valence-electron chi connectivity index (χ3n) is 2.20. The van der Waals surface area contributed by atoms with Gasteiger partial charge >= 0.3 is 0 Å². The highest BCUT2D eigenvalue weighted by Gasteiger charge is 2.25. The fourth-order valence-corrected chi connectivity index (χ4v) is 1.69. The van der Waals surface area contributed by atoms with Gasteiger partial charge in [0.1, 0.15) is 5.82 Å². The molecule has 3 N–H and O–H groups in total. The molecular weight excluding hydrogens is 201 g/mol. The highest BCUT2D eigenvalue weighted by atomic mass is 31.0. The molecule has 0 spiro atoms. The number of nitrogens with two attached hydrogens (primary N) is 1. The SMILES string of the molecule is Cc1nc2c(n1P)C(=O)N(N)CCN2. The molecule has 6 nitrogen and oxygen atoms in total. The minimum absolute atomic E-state index is 0.208. The van der Waals surface area contributed by atoms with E-state index in [2.05, 4.69) is 19.7 Å². The number of rotatable bonds is 0. The van der Waals surface area contributed by atoms with Gasteiger partial charge in [-0.3, -0.25) is 9.80 Å². The van der Waals surface area contributed by atoms with Crippen LogP contribution in [0.15, 0.2) is 0 Å². The molecule has 0 saturated carbocycles. The lowest BCUT2D eigenvalue weighted by molar-refractivity contribution is 0.0761. The Bertz CT molecular complexity index is 388. The van der Waals surface area contributed by atoms with E-state index < -0.39 is 0 Å². The van der Waals surface area contributed by atoms with Crippen molar-refractivity contribution < 1.29 is 4.79 Å². The van der Waals surface area contributed by atoms with Crippen LogP contribution in [0, 0.1) is 6.92 Å². The standard InChI is InChI=1S/C7H12N5OP/c1-4-10-6-5(12(4)14)7(13)11(8)3-2-9-6/h9H,2-3,8,14H2,1H3. The molecule has 1 aromatic heterocycles. The largest absolute Gasteiger partial charge is 0.366 e. The van der Waals surface area contributed by atoms with Crippen molar-refractivity contribution in [1.82, 2.24) is 14.3 Å². The van der Waals surface area contributed by atoms with Crippen molar-refractivity contribution in [3.8, 4) is 0 Å². The molecule has 0 fully saturated rings. The minimum Gasteiger partial charge on any atom is -0.366 e. The topological polar surface area (TPSA) is 76.2 Å². The van der Waals surface area contributed by atoms with E-state index in [1.165, 1.54) is 5.01 Å². The average molecular weight is 213 g/mol. The van der Waals surface area contributed by atoms with Crippen LogP contribution in [0.3, 0.4) is 0 Å². The van der Waals surface area contributed by atoms with Gasteiger partial charge in [0, 0.05) is 6.54 Å². The molecule has 14 heavy (non-hydrogen) atoms. The van der Waals surface area contributed by atoms with Crippen molar-refractivity contribution in [3.05, 3.63) is 11.5 Å². The molecule has 0 aliphatic carbocycles. The summed E-state index contributed by atoms with van der Waals surface area (Å²) in [6.07, 6.45) is 0. The summed E-state index contributed by atoms with van der Waals surface area (Å²) >= 11 is 0. The maximum Gasteiger partial charge on any atom is 0.288 e. The summed E-state index contributed by atoms with van der Waals surface area (Å²) in [5, 5.41) is 4.25. The number of hydrogen-bond acceptors (Lipinski definition) is 4. The average Bonchev–Trinajstić information content (AvgIpc) is 2.33.